The molecule has 1 aliphatic rings. The van der Waals surface area contributed by atoms with Gasteiger partial charge in [0, 0.05) is 58.1 Å². The van der Waals surface area contributed by atoms with Crippen molar-refractivity contribution in [2.75, 3.05) is 32.7 Å². The van der Waals surface area contributed by atoms with E-state index in [1.165, 1.54) is 12.0 Å². The van der Waals surface area contributed by atoms with E-state index < -0.39 is 0 Å². The van der Waals surface area contributed by atoms with E-state index in [1.807, 2.05) is 17.9 Å². The van der Waals surface area contributed by atoms with Gasteiger partial charge in [-0.15, -0.1) is 24.0 Å². The minimum Gasteiger partial charge on any atom is -0.357 e. The summed E-state index contributed by atoms with van der Waals surface area (Å²) in [5.74, 6) is 1.78. The third-order valence-corrected chi connectivity index (χ3v) is 5.37. The van der Waals surface area contributed by atoms with Gasteiger partial charge < -0.3 is 10.2 Å². The van der Waals surface area contributed by atoms with Crippen molar-refractivity contribution in [1.29, 1.82) is 0 Å². The molecule has 1 saturated heterocycles. The minimum atomic E-state index is 0. The Bertz CT molecular complexity index is 575. The van der Waals surface area contributed by atoms with E-state index in [1.54, 1.807) is 0 Å². The van der Waals surface area contributed by atoms with Gasteiger partial charge in [0.2, 0.25) is 0 Å². The van der Waals surface area contributed by atoms with Crippen LogP contribution in [0.1, 0.15) is 53.0 Å². The molecule has 0 saturated carbocycles. The quantitative estimate of drug-likeness (QED) is 0.243. The number of hydrogen-bond acceptors (Lipinski definition) is 3. The number of nitrogens with zero attached hydrogens (tertiary/aromatic N) is 5. The average Bonchev–Trinajstić information content (AvgIpc) is 3.22. The maximum Gasteiger partial charge on any atom is 0.193 e. The first-order chi connectivity index (χ1) is 12.9. The molecule has 1 unspecified atom stereocenters. The predicted molar refractivity (Wildman–Crippen MR) is 130 cm³/mol. The van der Waals surface area contributed by atoms with Crippen LogP contribution in [0.2, 0.25) is 0 Å². The maximum absolute atomic E-state index is 4.92. The fourth-order valence-electron chi connectivity index (χ4n) is 4.08. The van der Waals surface area contributed by atoms with Crippen molar-refractivity contribution < 1.29 is 0 Å². The molecule has 1 fully saturated rings. The fraction of sp³-hybridized carbons (Fsp3) is 0.810. The van der Waals surface area contributed by atoms with Crippen LogP contribution in [0.15, 0.2) is 17.4 Å². The zero-order chi connectivity index (χ0) is 19.8. The summed E-state index contributed by atoms with van der Waals surface area (Å²) in [6, 6.07) is 1.18. The van der Waals surface area contributed by atoms with Gasteiger partial charge in [0.05, 0.1) is 6.20 Å². The summed E-state index contributed by atoms with van der Waals surface area (Å²) in [6.07, 6.45) is 7.59. The summed E-state index contributed by atoms with van der Waals surface area (Å²) in [5.41, 5.74) is 1.34. The first-order valence-electron chi connectivity index (χ1n) is 10.7. The highest BCUT2D eigenvalue weighted by molar-refractivity contribution is 14.0. The molecular formula is C21H41IN6. The number of hydrogen-bond donors (Lipinski definition) is 1. The largest absolute Gasteiger partial charge is 0.357 e. The van der Waals surface area contributed by atoms with Gasteiger partial charge in [0.25, 0.3) is 0 Å². The Morgan fingerprint density at radius 3 is 2.61 bits per heavy atom. The summed E-state index contributed by atoms with van der Waals surface area (Å²) in [5, 5.41) is 7.79. The Morgan fingerprint density at radius 2 is 2.04 bits per heavy atom. The zero-order valence-electron chi connectivity index (χ0n) is 18.7. The summed E-state index contributed by atoms with van der Waals surface area (Å²) in [7, 11) is 1.99. The van der Waals surface area contributed by atoms with Crippen molar-refractivity contribution in [1.82, 2.24) is 24.9 Å². The third-order valence-electron chi connectivity index (χ3n) is 5.37. The van der Waals surface area contributed by atoms with Crippen LogP contribution in [0.3, 0.4) is 0 Å². The highest BCUT2D eigenvalue weighted by atomic mass is 127. The first kappa shape index (κ1) is 25.2. The standard InChI is InChI=1S/C21H40N6.HI/c1-7-22-21(23-10-8-11-27(17(2)3)18(4)5)26-12-9-19(16-26)13-20-14-24-25(6)15-20;/h14-15,17-19H,7-13,16H2,1-6H3,(H,22,23);1H. The number of aliphatic imine (C=N–C) groups is 1. The molecule has 0 aliphatic carbocycles. The van der Waals surface area contributed by atoms with Crippen LogP contribution in [0.4, 0.5) is 0 Å². The van der Waals surface area contributed by atoms with Crippen molar-refractivity contribution in [2.24, 2.45) is 18.0 Å². The normalized spacial score (nSPS) is 17.7. The van der Waals surface area contributed by atoms with E-state index >= 15 is 0 Å². The molecule has 1 aliphatic heterocycles. The van der Waals surface area contributed by atoms with Crippen molar-refractivity contribution in [3.8, 4) is 0 Å². The Kier molecular flexibility index (Phi) is 11.4. The molecule has 1 atom stereocenters. The Balaban J connectivity index is 0.00000392. The summed E-state index contributed by atoms with van der Waals surface area (Å²) in [4.78, 5) is 9.90. The number of rotatable bonds is 9. The second kappa shape index (κ2) is 12.7. The SMILES string of the molecule is CCNC(=NCCCN(C(C)C)C(C)C)N1CCC(Cc2cnn(C)c2)C1.I. The van der Waals surface area contributed by atoms with Crippen molar-refractivity contribution in [3.05, 3.63) is 18.0 Å². The molecule has 2 rings (SSSR count). The van der Waals surface area contributed by atoms with Gasteiger partial charge in [0.15, 0.2) is 5.96 Å². The third kappa shape index (κ3) is 7.89. The van der Waals surface area contributed by atoms with Gasteiger partial charge in [-0.3, -0.25) is 14.6 Å². The van der Waals surface area contributed by atoms with Crippen LogP contribution in [-0.4, -0.2) is 70.3 Å². The van der Waals surface area contributed by atoms with Gasteiger partial charge in [0.1, 0.15) is 0 Å². The minimum absolute atomic E-state index is 0. The van der Waals surface area contributed by atoms with Crippen LogP contribution in [0.5, 0.6) is 0 Å². The molecule has 0 amide bonds. The second-order valence-corrected chi connectivity index (χ2v) is 8.34. The van der Waals surface area contributed by atoms with Gasteiger partial charge >= 0.3 is 0 Å². The Hall–Kier alpha value is -0.830. The molecule has 7 heteroatoms. The molecule has 0 radical (unpaired) electrons. The van der Waals surface area contributed by atoms with Crippen molar-refractivity contribution in [3.63, 3.8) is 0 Å². The molecule has 0 aromatic carbocycles. The number of nitrogens with one attached hydrogen (secondary N) is 1. The molecule has 6 nitrogen and oxygen atoms in total. The predicted octanol–water partition coefficient (Wildman–Crippen LogP) is 3.38. The number of likely N-dealkylation sites (tertiary alicyclic amines) is 1. The molecule has 0 spiro atoms. The topological polar surface area (TPSA) is 48.7 Å². The van der Waals surface area contributed by atoms with Gasteiger partial charge in [-0.05, 0) is 65.4 Å². The maximum atomic E-state index is 4.92. The molecule has 2 heterocycles. The monoisotopic (exact) mass is 504 g/mol. The van der Waals surface area contributed by atoms with E-state index in [9.17, 15) is 0 Å². The lowest BCUT2D eigenvalue weighted by molar-refractivity contribution is 0.174. The first-order valence-corrected chi connectivity index (χ1v) is 10.7. The van der Waals surface area contributed by atoms with E-state index in [4.69, 9.17) is 4.99 Å². The van der Waals surface area contributed by atoms with Gasteiger partial charge in [-0.1, -0.05) is 0 Å². The van der Waals surface area contributed by atoms with Crippen LogP contribution in [0, 0.1) is 5.92 Å². The van der Waals surface area contributed by atoms with E-state index in [2.05, 4.69) is 61.0 Å². The lowest BCUT2D eigenvalue weighted by Gasteiger charge is -2.30. The number of aromatic nitrogens is 2. The van der Waals surface area contributed by atoms with E-state index in [0.29, 0.717) is 18.0 Å². The van der Waals surface area contributed by atoms with Crippen LogP contribution in [0.25, 0.3) is 0 Å². The smallest absolute Gasteiger partial charge is 0.193 e. The van der Waals surface area contributed by atoms with E-state index in [-0.39, 0.29) is 24.0 Å². The van der Waals surface area contributed by atoms with Crippen molar-refractivity contribution >= 4 is 29.9 Å². The summed E-state index contributed by atoms with van der Waals surface area (Å²) < 4.78 is 1.89. The van der Waals surface area contributed by atoms with Crippen LogP contribution in [-0.2, 0) is 13.5 Å². The fourth-order valence-corrected chi connectivity index (χ4v) is 4.08. The lowest BCUT2D eigenvalue weighted by atomic mass is 10.0. The molecule has 162 valence electrons. The van der Waals surface area contributed by atoms with Gasteiger partial charge in [-0.2, -0.15) is 5.10 Å². The molecular weight excluding hydrogens is 463 g/mol. The molecule has 1 N–H and O–H groups in total. The number of halogens is 1. The van der Waals surface area contributed by atoms with Crippen molar-refractivity contribution in [2.45, 2.75) is 66.0 Å². The summed E-state index contributed by atoms with van der Waals surface area (Å²) >= 11 is 0. The average molecular weight is 505 g/mol. The lowest BCUT2D eigenvalue weighted by Crippen LogP contribution is -2.40. The highest BCUT2D eigenvalue weighted by Gasteiger charge is 2.25. The van der Waals surface area contributed by atoms with E-state index in [0.717, 1.165) is 51.5 Å². The second-order valence-electron chi connectivity index (χ2n) is 8.34. The Morgan fingerprint density at radius 1 is 1.32 bits per heavy atom. The molecule has 1 aromatic rings. The number of aryl methyl sites for hydroxylation is 1. The van der Waals surface area contributed by atoms with Crippen LogP contribution >= 0.6 is 24.0 Å². The van der Waals surface area contributed by atoms with Crippen LogP contribution < -0.4 is 5.32 Å². The number of guanidine groups is 1. The molecule has 28 heavy (non-hydrogen) atoms. The highest BCUT2D eigenvalue weighted by Crippen LogP contribution is 2.20. The molecule has 1 aromatic heterocycles. The zero-order valence-corrected chi connectivity index (χ0v) is 21.0. The molecule has 0 bridgehead atoms. The van der Waals surface area contributed by atoms with Gasteiger partial charge in [-0.25, -0.2) is 0 Å². The Labute approximate surface area is 189 Å². The summed E-state index contributed by atoms with van der Waals surface area (Å²) in [6.45, 7) is 16.4.